The molecule has 0 aliphatic heterocycles. The molecule has 3 aromatic carbocycles. The smallest absolute Gasteiger partial charge is 0.167 e. The highest BCUT2D eigenvalue weighted by Crippen LogP contribution is 2.32. The fourth-order valence-electron chi connectivity index (χ4n) is 3.59. The fraction of sp³-hybridized carbons (Fsp3) is 0.308. The molecule has 0 N–H and O–H groups in total. The first-order valence-corrected chi connectivity index (χ1v) is 10.2. The minimum Gasteiger partial charge on any atom is -0.203 e. The lowest BCUT2D eigenvalue weighted by atomic mass is 9.96. The molecule has 146 valence electrons. The van der Waals surface area contributed by atoms with Crippen molar-refractivity contribution in [3.05, 3.63) is 83.4 Å². The second-order valence-corrected chi connectivity index (χ2v) is 7.37. The molecule has 0 radical (unpaired) electrons. The molecule has 0 saturated carbocycles. The molecule has 2 heteroatoms. The molecule has 0 atom stereocenters. The van der Waals surface area contributed by atoms with Gasteiger partial charge >= 0.3 is 0 Å². The number of fused-ring (bicyclic) bond motifs is 1. The molecule has 0 aromatic heterocycles. The maximum atomic E-state index is 14.8. The first-order chi connectivity index (χ1) is 13.6. The SMILES string of the molecule is C/C=C/CCc1ccc(-c2cc3ccc(CCCCC)cc3c(F)c2F)cc1. The lowest BCUT2D eigenvalue weighted by Crippen LogP contribution is -1.94. The Kier molecular flexibility index (Phi) is 6.97. The van der Waals surface area contributed by atoms with Gasteiger partial charge in [-0.25, -0.2) is 8.78 Å². The fourth-order valence-corrected chi connectivity index (χ4v) is 3.59. The Hall–Kier alpha value is -2.48. The van der Waals surface area contributed by atoms with Crippen LogP contribution in [0.4, 0.5) is 8.78 Å². The number of hydrogen-bond acceptors (Lipinski definition) is 0. The summed E-state index contributed by atoms with van der Waals surface area (Å²) in [6.07, 6.45) is 10.4. The predicted octanol–water partition coefficient (Wildman–Crippen LogP) is 8.03. The van der Waals surface area contributed by atoms with Crippen molar-refractivity contribution in [2.45, 2.75) is 52.4 Å². The van der Waals surface area contributed by atoms with Gasteiger partial charge in [-0.2, -0.15) is 0 Å². The molecule has 0 spiro atoms. The van der Waals surface area contributed by atoms with Gasteiger partial charge in [-0.1, -0.05) is 68.3 Å². The van der Waals surface area contributed by atoms with Gasteiger partial charge in [0.05, 0.1) is 0 Å². The lowest BCUT2D eigenvalue weighted by Gasteiger charge is -2.10. The third-order valence-corrected chi connectivity index (χ3v) is 5.25. The molecule has 3 rings (SSSR count). The van der Waals surface area contributed by atoms with Crippen molar-refractivity contribution in [2.24, 2.45) is 0 Å². The van der Waals surface area contributed by atoms with Crippen LogP contribution in [0.2, 0.25) is 0 Å². The van der Waals surface area contributed by atoms with Gasteiger partial charge in [-0.15, -0.1) is 0 Å². The summed E-state index contributed by atoms with van der Waals surface area (Å²) in [5.41, 5.74) is 3.29. The zero-order valence-electron chi connectivity index (χ0n) is 16.8. The summed E-state index contributed by atoms with van der Waals surface area (Å²) in [6, 6.07) is 15.3. The largest absolute Gasteiger partial charge is 0.203 e. The highest BCUT2D eigenvalue weighted by atomic mass is 19.2. The molecule has 0 unspecified atom stereocenters. The Morgan fingerprint density at radius 1 is 0.821 bits per heavy atom. The van der Waals surface area contributed by atoms with Gasteiger partial charge in [0.1, 0.15) is 0 Å². The van der Waals surface area contributed by atoms with Crippen LogP contribution in [0, 0.1) is 11.6 Å². The summed E-state index contributed by atoms with van der Waals surface area (Å²) in [6.45, 7) is 4.17. The van der Waals surface area contributed by atoms with Gasteiger partial charge in [-0.3, -0.25) is 0 Å². The van der Waals surface area contributed by atoms with Gasteiger partial charge < -0.3 is 0 Å². The molecule has 3 aromatic rings. The van der Waals surface area contributed by atoms with Crippen LogP contribution in [0.5, 0.6) is 0 Å². The van der Waals surface area contributed by atoms with E-state index in [1.807, 2.05) is 49.4 Å². The number of hydrogen-bond donors (Lipinski definition) is 0. The van der Waals surface area contributed by atoms with Crippen molar-refractivity contribution < 1.29 is 8.78 Å². The molecule has 0 fully saturated rings. The van der Waals surface area contributed by atoms with Crippen LogP contribution < -0.4 is 0 Å². The average molecular weight is 379 g/mol. The summed E-state index contributed by atoms with van der Waals surface area (Å²) in [5.74, 6) is -1.51. The second kappa shape index (κ2) is 9.64. The third-order valence-electron chi connectivity index (χ3n) is 5.25. The van der Waals surface area contributed by atoms with E-state index in [1.165, 1.54) is 5.56 Å². The Morgan fingerprint density at radius 2 is 1.57 bits per heavy atom. The Balaban J connectivity index is 1.89. The van der Waals surface area contributed by atoms with Crippen molar-refractivity contribution >= 4 is 10.8 Å². The standard InChI is InChI=1S/C26H28F2/c1-3-5-7-9-19-11-14-21(15-12-19)24-18-22-16-13-20(10-8-6-4-2)17-23(22)25(27)26(24)28/h3,5,11-18H,4,6-10H2,1-2H3/b5-3+. The van der Waals surface area contributed by atoms with E-state index < -0.39 is 11.6 Å². The zero-order chi connectivity index (χ0) is 19.9. The van der Waals surface area contributed by atoms with Crippen molar-refractivity contribution in [3.8, 4) is 11.1 Å². The molecule has 0 bridgehead atoms. The van der Waals surface area contributed by atoms with E-state index in [-0.39, 0.29) is 0 Å². The number of rotatable bonds is 8. The maximum Gasteiger partial charge on any atom is 0.167 e. The minimum atomic E-state index is -0.764. The number of unbranched alkanes of at least 4 members (excludes halogenated alkanes) is 2. The van der Waals surface area contributed by atoms with Crippen LogP contribution in [0.25, 0.3) is 21.9 Å². The van der Waals surface area contributed by atoms with Crippen LogP contribution in [0.1, 0.15) is 50.7 Å². The number of aryl methyl sites for hydroxylation is 2. The monoisotopic (exact) mass is 378 g/mol. The van der Waals surface area contributed by atoms with Crippen LogP contribution in [0.15, 0.2) is 60.7 Å². The summed E-state index contributed by atoms with van der Waals surface area (Å²) >= 11 is 0. The predicted molar refractivity (Wildman–Crippen MR) is 116 cm³/mol. The second-order valence-electron chi connectivity index (χ2n) is 7.37. The summed E-state index contributed by atoms with van der Waals surface area (Å²) in [7, 11) is 0. The summed E-state index contributed by atoms with van der Waals surface area (Å²) in [4.78, 5) is 0. The van der Waals surface area contributed by atoms with Gasteiger partial charge in [0.15, 0.2) is 11.6 Å². The zero-order valence-corrected chi connectivity index (χ0v) is 16.8. The summed E-state index contributed by atoms with van der Waals surface area (Å²) < 4.78 is 29.6. The van der Waals surface area contributed by atoms with Crippen molar-refractivity contribution in [2.75, 3.05) is 0 Å². The van der Waals surface area contributed by atoms with Crippen LogP contribution >= 0.6 is 0 Å². The molecular formula is C26H28F2. The first kappa shape index (κ1) is 20.3. The molecule has 0 aliphatic carbocycles. The number of allylic oxidation sites excluding steroid dienone is 2. The van der Waals surface area contributed by atoms with E-state index in [9.17, 15) is 8.78 Å². The van der Waals surface area contributed by atoms with E-state index in [1.54, 1.807) is 12.1 Å². The van der Waals surface area contributed by atoms with Gasteiger partial charge in [0.25, 0.3) is 0 Å². The Bertz CT molecular complexity index is 952. The molecule has 0 saturated heterocycles. The number of benzene rings is 3. The Labute approximate surface area is 166 Å². The Morgan fingerprint density at radius 3 is 2.29 bits per heavy atom. The van der Waals surface area contributed by atoms with Gasteiger partial charge in [0.2, 0.25) is 0 Å². The van der Waals surface area contributed by atoms with Crippen LogP contribution in [-0.2, 0) is 12.8 Å². The van der Waals surface area contributed by atoms with Crippen molar-refractivity contribution in [3.63, 3.8) is 0 Å². The molecule has 0 amide bonds. The normalized spacial score (nSPS) is 11.6. The van der Waals surface area contributed by atoms with Crippen LogP contribution in [0.3, 0.4) is 0 Å². The van der Waals surface area contributed by atoms with Gasteiger partial charge in [0, 0.05) is 10.9 Å². The maximum absolute atomic E-state index is 14.8. The van der Waals surface area contributed by atoms with E-state index in [2.05, 4.69) is 13.0 Å². The molecule has 0 nitrogen and oxygen atoms in total. The average Bonchev–Trinajstić information content (AvgIpc) is 2.72. The van der Waals surface area contributed by atoms with E-state index >= 15 is 0 Å². The van der Waals surface area contributed by atoms with Gasteiger partial charge in [-0.05, 0) is 66.8 Å². The third kappa shape index (κ3) is 4.67. The highest BCUT2D eigenvalue weighted by Gasteiger charge is 2.15. The number of halogens is 2. The first-order valence-electron chi connectivity index (χ1n) is 10.2. The van der Waals surface area contributed by atoms with E-state index in [4.69, 9.17) is 0 Å². The molecule has 28 heavy (non-hydrogen) atoms. The quantitative estimate of drug-likeness (QED) is 0.275. The van der Waals surface area contributed by atoms with Crippen molar-refractivity contribution in [1.82, 2.24) is 0 Å². The topological polar surface area (TPSA) is 0 Å². The summed E-state index contributed by atoms with van der Waals surface area (Å²) in [5, 5.41) is 1.11. The van der Waals surface area contributed by atoms with Crippen molar-refractivity contribution in [1.29, 1.82) is 0 Å². The molecule has 0 heterocycles. The van der Waals surface area contributed by atoms with Crippen LogP contribution in [-0.4, -0.2) is 0 Å². The van der Waals surface area contributed by atoms with E-state index in [0.717, 1.165) is 49.5 Å². The molecular weight excluding hydrogens is 350 g/mol. The minimum absolute atomic E-state index is 0.323. The lowest BCUT2D eigenvalue weighted by molar-refractivity contribution is 0.519. The highest BCUT2D eigenvalue weighted by molar-refractivity contribution is 5.89. The van der Waals surface area contributed by atoms with E-state index in [0.29, 0.717) is 16.5 Å². The molecule has 0 aliphatic rings.